The number of aliphatic hydroxyl groups excluding tert-OH is 1. The summed E-state index contributed by atoms with van der Waals surface area (Å²) in [6.45, 7) is 6.22. The van der Waals surface area contributed by atoms with Gasteiger partial charge in [0.1, 0.15) is 17.5 Å². The zero-order valence-electron chi connectivity index (χ0n) is 13.1. The molecule has 2 aliphatic rings. The molecule has 0 radical (unpaired) electrons. The summed E-state index contributed by atoms with van der Waals surface area (Å²) in [7, 11) is 0. The summed E-state index contributed by atoms with van der Waals surface area (Å²) in [5.74, 6) is 3.41. The van der Waals surface area contributed by atoms with Gasteiger partial charge in [-0.1, -0.05) is 6.92 Å². The molecule has 1 aromatic heterocycles. The summed E-state index contributed by atoms with van der Waals surface area (Å²) in [4.78, 5) is 9.43. The molecule has 0 atom stereocenters. The molecule has 3 N–H and O–H groups in total. The molecule has 1 aromatic rings. The van der Waals surface area contributed by atoms with Crippen molar-refractivity contribution < 1.29 is 5.11 Å². The number of hydrogen-bond donors (Lipinski definition) is 3. The van der Waals surface area contributed by atoms with Gasteiger partial charge in [-0.05, 0) is 39.0 Å². The SMILES string of the molecule is CCCNc1nc(C2CC2)nc(NCC2(CO)CC2)c1C. The molecule has 0 aliphatic heterocycles. The van der Waals surface area contributed by atoms with Gasteiger partial charge in [-0.3, -0.25) is 0 Å². The van der Waals surface area contributed by atoms with Gasteiger partial charge in [0.2, 0.25) is 0 Å². The highest BCUT2D eigenvalue weighted by molar-refractivity contribution is 5.57. The minimum atomic E-state index is 0.0914. The molecule has 2 aliphatic carbocycles. The van der Waals surface area contributed by atoms with Crippen molar-refractivity contribution in [3.63, 3.8) is 0 Å². The van der Waals surface area contributed by atoms with Crippen molar-refractivity contribution in [3.05, 3.63) is 11.4 Å². The largest absolute Gasteiger partial charge is 0.396 e. The molecule has 0 spiro atoms. The van der Waals surface area contributed by atoms with Gasteiger partial charge < -0.3 is 15.7 Å². The third-order valence-corrected chi connectivity index (χ3v) is 4.57. The summed E-state index contributed by atoms with van der Waals surface area (Å²) in [6, 6.07) is 0. The van der Waals surface area contributed by atoms with E-state index in [2.05, 4.69) is 24.5 Å². The molecule has 0 saturated heterocycles. The van der Waals surface area contributed by atoms with Crippen LogP contribution in [0.15, 0.2) is 0 Å². The number of rotatable bonds is 8. The molecular formula is C16H26N4O. The van der Waals surface area contributed by atoms with Crippen molar-refractivity contribution in [2.24, 2.45) is 5.41 Å². The number of aromatic nitrogens is 2. The van der Waals surface area contributed by atoms with E-state index in [1.807, 2.05) is 0 Å². The number of anilines is 2. The summed E-state index contributed by atoms with van der Waals surface area (Å²) in [6.07, 6.45) is 5.71. The Morgan fingerprint density at radius 2 is 1.86 bits per heavy atom. The molecule has 0 amide bonds. The van der Waals surface area contributed by atoms with Crippen LogP contribution in [0.25, 0.3) is 0 Å². The highest BCUT2D eigenvalue weighted by Gasteiger charge is 2.42. The average Bonchev–Trinajstić information content (AvgIpc) is 3.39. The fraction of sp³-hybridized carbons (Fsp3) is 0.750. The first-order valence-electron chi connectivity index (χ1n) is 8.14. The monoisotopic (exact) mass is 290 g/mol. The molecule has 21 heavy (non-hydrogen) atoms. The van der Waals surface area contributed by atoms with Crippen molar-refractivity contribution in [3.8, 4) is 0 Å². The first-order valence-corrected chi connectivity index (χ1v) is 8.14. The topological polar surface area (TPSA) is 70.1 Å². The van der Waals surface area contributed by atoms with E-state index < -0.39 is 0 Å². The number of hydrogen-bond acceptors (Lipinski definition) is 5. The van der Waals surface area contributed by atoms with Crippen LogP contribution in [0.3, 0.4) is 0 Å². The summed E-state index contributed by atoms with van der Waals surface area (Å²) in [5, 5.41) is 16.3. The Balaban J connectivity index is 1.78. The standard InChI is InChI=1S/C16H26N4O/c1-3-8-17-13-11(2)14(18-9-16(10-21)6-7-16)20-15(19-13)12-4-5-12/h12,21H,3-10H2,1-2H3,(H2,17,18,19,20). The smallest absolute Gasteiger partial charge is 0.136 e. The molecule has 2 saturated carbocycles. The van der Waals surface area contributed by atoms with Gasteiger partial charge >= 0.3 is 0 Å². The Morgan fingerprint density at radius 3 is 2.38 bits per heavy atom. The molecule has 5 heteroatoms. The lowest BCUT2D eigenvalue weighted by molar-refractivity contribution is 0.219. The lowest BCUT2D eigenvalue weighted by atomic mass is 10.1. The Bertz CT molecular complexity index is 509. The van der Waals surface area contributed by atoms with E-state index in [1.165, 1.54) is 12.8 Å². The van der Waals surface area contributed by atoms with Crippen LogP contribution in [0, 0.1) is 12.3 Å². The van der Waals surface area contributed by atoms with Crippen molar-refractivity contribution in [1.82, 2.24) is 9.97 Å². The minimum Gasteiger partial charge on any atom is -0.396 e. The maximum Gasteiger partial charge on any atom is 0.136 e. The van der Waals surface area contributed by atoms with Crippen molar-refractivity contribution >= 4 is 11.6 Å². The Morgan fingerprint density at radius 1 is 1.19 bits per heavy atom. The molecule has 0 aromatic carbocycles. The Kier molecular flexibility index (Phi) is 4.02. The Hall–Kier alpha value is -1.36. The van der Waals surface area contributed by atoms with E-state index in [9.17, 15) is 5.11 Å². The van der Waals surface area contributed by atoms with Crippen LogP contribution in [0.1, 0.15) is 56.3 Å². The lowest BCUT2D eigenvalue weighted by Gasteiger charge is -2.17. The predicted octanol–water partition coefficient (Wildman–Crippen LogP) is 2.67. The van der Waals surface area contributed by atoms with Crippen LogP contribution in [-0.2, 0) is 0 Å². The molecule has 5 nitrogen and oxygen atoms in total. The maximum atomic E-state index is 9.44. The van der Waals surface area contributed by atoms with Gasteiger partial charge in [-0.15, -0.1) is 0 Å². The van der Waals surface area contributed by atoms with Gasteiger partial charge in [-0.2, -0.15) is 0 Å². The van der Waals surface area contributed by atoms with Crippen LogP contribution >= 0.6 is 0 Å². The average molecular weight is 290 g/mol. The van der Waals surface area contributed by atoms with Crippen LogP contribution in [-0.4, -0.2) is 34.8 Å². The van der Waals surface area contributed by atoms with Gasteiger partial charge in [-0.25, -0.2) is 9.97 Å². The van der Waals surface area contributed by atoms with Crippen LogP contribution in [0.4, 0.5) is 11.6 Å². The van der Waals surface area contributed by atoms with E-state index >= 15 is 0 Å². The second kappa shape index (κ2) is 5.79. The minimum absolute atomic E-state index is 0.0914. The second-order valence-corrected chi connectivity index (χ2v) is 6.62. The van der Waals surface area contributed by atoms with Gasteiger partial charge in [0.15, 0.2) is 0 Å². The normalized spacial score (nSPS) is 19.4. The number of aliphatic hydroxyl groups is 1. The highest BCUT2D eigenvalue weighted by atomic mass is 16.3. The molecule has 1 heterocycles. The maximum absolute atomic E-state index is 9.44. The van der Waals surface area contributed by atoms with Crippen molar-refractivity contribution in [1.29, 1.82) is 0 Å². The molecular weight excluding hydrogens is 264 g/mol. The highest BCUT2D eigenvalue weighted by Crippen LogP contribution is 2.45. The van der Waals surface area contributed by atoms with Crippen LogP contribution in [0.2, 0.25) is 0 Å². The summed E-state index contributed by atoms with van der Waals surface area (Å²) >= 11 is 0. The van der Waals surface area contributed by atoms with E-state index in [0.717, 1.165) is 55.4 Å². The zero-order chi connectivity index (χ0) is 14.9. The van der Waals surface area contributed by atoms with E-state index in [-0.39, 0.29) is 12.0 Å². The number of nitrogens with one attached hydrogen (secondary N) is 2. The fourth-order valence-corrected chi connectivity index (χ4v) is 2.48. The van der Waals surface area contributed by atoms with Gasteiger partial charge in [0.25, 0.3) is 0 Å². The van der Waals surface area contributed by atoms with E-state index in [0.29, 0.717) is 5.92 Å². The fourth-order valence-electron chi connectivity index (χ4n) is 2.48. The van der Waals surface area contributed by atoms with Gasteiger partial charge in [0.05, 0.1) is 6.61 Å². The number of nitrogens with zero attached hydrogens (tertiary/aromatic N) is 2. The first kappa shape index (κ1) is 14.6. The third kappa shape index (κ3) is 3.28. The van der Waals surface area contributed by atoms with E-state index in [1.54, 1.807) is 0 Å². The van der Waals surface area contributed by atoms with Crippen molar-refractivity contribution in [2.45, 2.75) is 51.9 Å². The predicted molar refractivity (Wildman–Crippen MR) is 84.8 cm³/mol. The van der Waals surface area contributed by atoms with Crippen LogP contribution in [0.5, 0.6) is 0 Å². The van der Waals surface area contributed by atoms with Gasteiger partial charge in [0, 0.05) is 30.0 Å². The molecule has 0 bridgehead atoms. The molecule has 3 rings (SSSR count). The molecule has 0 unspecified atom stereocenters. The lowest BCUT2D eigenvalue weighted by Crippen LogP contribution is -2.21. The quantitative estimate of drug-likeness (QED) is 0.686. The zero-order valence-corrected chi connectivity index (χ0v) is 13.1. The second-order valence-electron chi connectivity index (χ2n) is 6.62. The summed E-state index contributed by atoms with van der Waals surface area (Å²) in [5.41, 5.74) is 1.18. The summed E-state index contributed by atoms with van der Waals surface area (Å²) < 4.78 is 0. The van der Waals surface area contributed by atoms with Crippen LogP contribution < -0.4 is 10.6 Å². The Labute approximate surface area is 126 Å². The molecule has 2 fully saturated rings. The first-order chi connectivity index (χ1) is 10.2. The molecule has 116 valence electrons. The third-order valence-electron chi connectivity index (χ3n) is 4.57. The van der Waals surface area contributed by atoms with Crippen molar-refractivity contribution in [2.75, 3.05) is 30.3 Å². The van der Waals surface area contributed by atoms with E-state index in [4.69, 9.17) is 9.97 Å².